The molecule has 0 bridgehead atoms. The van der Waals surface area contributed by atoms with Crippen molar-refractivity contribution in [1.82, 2.24) is 14.8 Å². The van der Waals surface area contributed by atoms with Gasteiger partial charge < -0.3 is 9.80 Å². The molecule has 2 aromatic rings. The molecule has 0 radical (unpaired) electrons. The van der Waals surface area contributed by atoms with E-state index in [0.717, 1.165) is 24.4 Å². The van der Waals surface area contributed by atoms with Gasteiger partial charge in [0, 0.05) is 36.9 Å². The van der Waals surface area contributed by atoms with Crippen molar-refractivity contribution >= 4 is 17.2 Å². The van der Waals surface area contributed by atoms with E-state index >= 15 is 0 Å². The Balaban J connectivity index is 1.72. The number of carbonyl (C=O) groups is 1. The van der Waals surface area contributed by atoms with Crippen LogP contribution in [0, 0.1) is 0 Å². The van der Waals surface area contributed by atoms with Crippen LogP contribution in [0.4, 0.5) is 0 Å². The molecule has 0 aromatic carbocycles. The summed E-state index contributed by atoms with van der Waals surface area (Å²) in [6.45, 7) is 2.40. The lowest BCUT2D eigenvalue weighted by Gasteiger charge is -2.30. The summed E-state index contributed by atoms with van der Waals surface area (Å²) in [6, 6.07) is 4.02. The monoisotopic (exact) mass is 315 g/mol. The summed E-state index contributed by atoms with van der Waals surface area (Å²) in [5.41, 5.74) is 3.86. The molecule has 0 unspecified atom stereocenters. The number of hydrogen-bond acceptors (Lipinski definition) is 4. The van der Waals surface area contributed by atoms with Crippen molar-refractivity contribution in [2.75, 3.05) is 20.6 Å². The van der Waals surface area contributed by atoms with Crippen LogP contribution in [0.2, 0.25) is 0 Å². The highest BCUT2D eigenvalue weighted by Crippen LogP contribution is 2.23. The summed E-state index contributed by atoms with van der Waals surface area (Å²) < 4.78 is 0. The quantitative estimate of drug-likeness (QED) is 0.869. The molecule has 1 amide bonds. The van der Waals surface area contributed by atoms with Crippen LogP contribution in [-0.2, 0) is 30.7 Å². The number of pyridine rings is 1. The molecule has 0 saturated heterocycles. The fourth-order valence-corrected chi connectivity index (χ4v) is 3.63. The number of rotatable bonds is 4. The minimum atomic E-state index is 0.214. The van der Waals surface area contributed by atoms with Gasteiger partial charge in [0.05, 0.1) is 6.42 Å². The highest BCUT2D eigenvalue weighted by atomic mass is 32.1. The highest BCUT2D eigenvalue weighted by molar-refractivity contribution is 7.10. The topological polar surface area (TPSA) is 36.4 Å². The number of fused-ring (bicyclic) bond motifs is 1. The maximum Gasteiger partial charge on any atom is 0.228 e. The van der Waals surface area contributed by atoms with E-state index < -0.39 is 0 Å². The molecule has 5 heteroatoms. The van der Waals surface area contributed by atoms with Crippen molar-refractivity contribution in [2.45, 2.75) is 25.9 Å². The Kier molecular flexibility index (Phi) is 4.55. The largest absolute Gasteiger partial charge is 0.338 e. The molecule has 0 saturated carbocycles. The number of carbonyl (C=O) groups excluding carboxylic acids is 1. The minimum absolute atomic E-state index is 0.214. The zero-order chi connectivity index (χ0) is 15.5. The van der Waals surface area contributed by atoms with Crippen molar-refractivity contribution < 1.29 is 4.79 Å². The second-order valence-electron chi connectivity index (χ2n) is 6.00. The van der Waals surface area contributed by atoms with Crippen molar-refractivity contribution in [3.05, 3.63) is 51.5 Å². The third-order valence-electron chi connectivity index (χ3n) is 3.97. The Bertz CT molecular complexity index is 652. The van der Waals surface area contributed by atoms with Crippen LogP contribution in [0.1, 0.15) is 21.6 Å². The van der Waals surface area contributed by atoms with Crippen LogP contribution >= 0.6 is 11.3 Å². The van der Waals surface area contributed by atoms with Crippen molar-refractivity contribution in [3.8, 4) is 0 Å². The number of thiophene rings is 1. The van der Waals surface area contributed by atoms with Crippen LogP contribution in [0.15, 0.2) is 29.9 Å². The van der Waals surface area contributed by atoms with E-state index in [2.05, 4.69) is 24.0 Å². The van der Waals surface area contributed by atoms with Crippen molar-refractivity contribution in [2.24, 2.45) is 0 Å². The van der Waals surface area contributed by atoms with Crippen LogP contribution in [0.5, 0.6) is 0 Å². The molecule has 2 aromatic heterocycles. The van der Waals surface area contributed by atoms with Gasteiger partial charge in [-0.15, -0.1) is 11.3 Å². The molecule has 0 N–H and O–H groups in total. The molecule has 22 heavy (non-hydrogen) atoms. The molecule has 1 aliphatic rings. The lowest BCUT2D eigenvalue weighted by atomic mass is 9.96. The van der Waals surface area contributed by atoms with E-state index in [1.807, 2.05) is 34.8 Å². The standard InChI is InChI=1S/C17H21N3OS/c1-19(2)11-13-9-18-10-14-12-20(6-5-16(13)14)17(21)8-15-4-3-7-22-15/h3-4,7,9-10H,5-6,8,11-12H2,1-2H3. The van der Waals surface area contributed by atoms with E-state index in [-0.39, 0.29) is 5.91 Å². The Hall–Kier alpha value is -1.72. The summed E-state index contributed by atoms with van der Waals surface area (Å²) in [7, 11) is 4.14. The summed E-state index contributed by atoms with van der Waals surface area (Å²) in [5.74, 6) is 0.214. The van der Waals surface area contributed by atoms with Crippen molar-refractivity contribution in [1.29, 1.82) is 0 Å². The Labute approximate surface area is 135 Å². The third-order valence-corrected chi connectivity index (χ3v) is 4.85. The van der Waals surface area contributed by atoms with Gasteiger partial charge in [0.2, 0.25) is 5.91 Å². The second-order valence-corrected chi connectivity index (χ2v) is 7.03. The van der Waals surface area contributed by atoms with Gasteiger partial charge in [0.15, 0.2) is 0 Å². The smallest absolute Gasteiger partial charge is 0.228 e. The molecule has 0 fully saturated rings. The second kappa shape index (κ2) is 6.58. The molecule has 3 heterocycles. The number of hydrogen-bond donors (Lipinski definition) is 0. The van der Waals surface area contributed by atoms with E-state index in [1.54, 1.807) is 11.3 Å². The number of aromatic nitrogens is 1. The molecule has 0 aliphatic carbocycles. The Morgan fingerprint density at radius 3 is 3.00 bits per heavy atom. The average Bonchev–Trinajstić information content (AvgIpc) is 2.99. The molecule has 1 aliphatic heterocycles. The minimum Gasteiger partial charge on any atom is -0.338 e. The SMILES string of the molecule is CN(C)Cc1cncc2c1CCN(C(=O)Cc1cccs1)C2. The van der Waals surface area contributed by atoms with E-state index in [9.17, 15) is 4.79 Å². The number of amides is 1. The Morgan fingerprint density at radius 2 is 2.27 bits per heavy atom. The lowest BCUT2D eigenvalue weighted by molar-refractivity contribution is -0.131. The first kappa shape index (κ1) is 15.2. The van der Waals surface area contributed by atoms with Crippen molar-refractivity contribution in [3.63, 3.8) is 0 Å². The third kappa shape index (κ3) is 3.36. The average molecular weight is 315 g/mol. The first-order chi connectivity index (χ1) is 10.6. The van der Waals surface area contributed by atoms with Gasteiger partial charge in [-0.3, -0.25) is 9.78 Å². The maximum atomic E-state index is 12.4. The van der Waals surface area contributed by atoms with Gasteiger partial charge in [0.25, 0.3) is 0 Å². The lowest BCUT2D eigenvalue weighted by Crippen LogP contribution is -2.37. The van der Waals surface area contributed by atoms with Gasteiger partial charge in [-0.1, -0.05) is 6.07 Å². The zero-order valence-electron chi connectivity index (χ0n) is 13.1. The van der Waals surface area contributed by atoms with Crippen LogP contribution < -0.4 is 0 Å². The molecule has 0 spiro atoms. The summed E-state index contributed by atoms with van der Waals surface area (Å²) in [5, 5.41) is 2.02. The summed E-state index contributed by atoms with van der Waals surface area (Å²) in [4.78, 5) is 22.1. The predicted molar refractivity (Wildman–Crippen MR) is 88.8 cm³/mol. The first-order valence-electron chi connectivity index (χ1n) is 7.53. The van der Waals surface area contributed by atoms with E-state index in [4.69, 9.17) is 0 Å². The molecular formula is C17H21N3OS. The van der Waals surface area contributed by atoms with Gasteiger partial charge in [-0.05, 0) is 48.7 Å². The van der Waals surface area contributed by atoms with Gasteiger partial charge in [0.1, 0.15) is 0 Å². The number of nitrogens with zero attached hydrogens (tertiary/aromatic N) is 3. The Morgan fingerprint density at radius 1 is 1.41 bits per heavy atom. The summed E-state index contributed by atoms with van der Waals surface area (Å²) >= 11 is 1.64. The highest BCUT2D eigenvalue weighted by Gasteiger charge is 2.23. The van der Waals surface area contributed by atoms with Gasteiger partial charge in [-0.25, -0.2) is 0 Å². The van der Waals surface area contributed by atoms with Crippen LogP contribution in [-0.4, -0.2) is 41.3 Å². The summed E-state index contributed by atoms with van der Waals surface area (Å²) in [6.07, 6.45) is 5.32. The molecule has 0 atom stereocenters. The fourth-order valence-electron chi connectivity index (χ4n) is 2.93. The normalized spacial score (nSPS) is 14.2. The molecule has 116 valence electrons. The van der Waals surface area contributed by atoms with Gasteiger partial charge in [-0.2, -0.15) is 0 Å². The molecule has 4 nitrogen and oxygen atoms in total. The first-order valence-corrected chi connectivity index (χ1v) is 8.41. The molecule has 3 rings (SSSR count). The zero-order valence-corrected chi connectivity index (χ0v) is 13.9. The fraction of sp³-hybridized carbons (Fsp3) is 0.412. The van der Waals surface area contributed by atoms with Crippen LogP contribution in [0.25, 0.3) is 0 Å². The molecular weight excluding hydrogens is 294 g/mol. The van der Waals surface area contributed by atoms with E-state index in [1.165, 1.54) is 16.7 Å². The van der Waals surface area contributed by atoms with Gasteiger partial charge >= 0.3 is 0 Å². The van der Waals surface area contributed by atoms with Crippen LogP contribution in [0.3, 0.4) is 0 Å². The predicted octanol–water partition coefficient (Wildman–Crippen LogP) is 2.33. The maximum absolute atomic E-state index is 12.4. The van der Waals surface area contributed by atoms with E-state index in [0.29, 0.717) is 13.0 Å².